The molecule has 116 valence electrons. The molecule has 0 saturated carbocycles. The Morgan fingerprint density at radius 1 is 0.737 bits per heavy atom. The number of carbonyl (C=O) groups excluding carboxylic acids is 2. The smallest absolute Gasteiger partial charge is 0.383 e. The third-order valence-corrected chi connectivity index (χ3v) is 1.30. The molecule has 0 radical (unpaired) electrons. The minimum Gasteiger partial charge on any atom is -0.544 e. The molecule has 0 aromatic rings. The van der Waals surface area contributed by atoms with E-state index in [-0.39, 0.29) is 0 Å². The normalized spacial score (nSPS) is 11.5. The number of hydrogen-bond donors (Lipinski definition) is 4. The molecule has 8 nitrogen and oxygen atoms in total. The second-order valence-corrected chi connectivity index (χ2v) is 2.30. The summed E-state index contributed by atoms with van der Waals surface area (Å²) in [6.45, 7) is 0. The van der Waals surface area contributed by atoms with E-state index in [0.717, 1.165) is 0 Å². The lowest BCUT2D eigenvalue weighted by Gasteiger charge is -2.33. The Balaban J connectivity index is -0.000000579. The van der Waals surface area contributed by atoms with Crippen LogP contribution in [0, 0.1) is 0 Å². The van der Waals surface area contributed by atoms with Crippen LogP contribution in [0.5, 0.6) is 0 Å². The monoisotopic (exact) mass is 306 g/mol. The maximum absolute atomic E-state index is 12.1. The Hall–Kier alpha value is -1.64. The SMILES string of the molecule is O=C([O-])C(F)(F)C(F)(F)C(F)(F)C(=O)[O-].[NH3+]O.[NH3+]O. The second kappa shape index (κ2) is 7.72. The molecule has 0 aromatic carbocycles. The van der Waals surface area contributed by atoms with E-state index in [4.69, 9.17) is 10.4 Å². The molecule has 19 heavy (non-hydrogen) atoms. The Kier molecular flexibility index (Phi) is 9.16. The van der Waals surface area contributed by atoms with Crippen LogP contribution < -0.4 is 22.0 Å². The number of rotatable bonds is 4. The summed E-state index contributed by atoms with van der Waals surface area (Å²) in [4.78, 5) is 18.9. The Labute approximate surface area is 99.3 Å². The molecule has 0 heterocycles. The number of carboxylic acids is 2. The van der Waals surface area contributed by atoms with E-state index in [1.54, 1.807) is 0 Å². The lowest BCUT2D eigenvalue weighted by molar-refractivity contribution is -0.670. The lowest BCUT2D eigenvalue weighted by atomic mass is 10.1. The number of halogens is 6. The van der Waals surface area contributed by atoms with Gasteiger partial charge in [0.05, 0.1) is 0 Å². The number of hydrogen-bond acceptors (Lipinski definition) is 6. The van der Waals surface area contributed by atoms with Gasteiger partial charge < -0.3 is 19.8 Å². The van der Waals surface area contributed by atoms with Gasteiger partial charge in [-0.1, -0.05) is 0 Å². The summed E-state index contributed by atoms with van der Waals surface area (Å²) in [6, 6.07) is 0. The molecular weight excluding hydrogens is 298 g/mol. The van der Waals surface area contributed by atoms with Crippen LogP contribution in [0.15, 0.2) is 0 Å². The van der Waals surface area contributed by atoms with Crippen LogP contribution in [0.1, 0.15) is 0 Å². The summed E-state index contributed by atoms with van der Waals surface area (Å²) in [5, 5.41) is 32.4. The number of quaternary nitrogens is 2. The van der Waals surface area contributed by atoms with Crippen molar-refractivity contribution >= 4 is 11.9 Å². The van der Waals surface area contributed by atoms with Crippen LogP contribution in [-0.4, -0.2) is 40.1 Å². The Bertz CT molecular complexity index is 282. The molecule has 0 fully saturated rings. The van der Waals surface area contributed by atoms with E-state index in [2.05, 4.69) is 11.8 Å². The van der Waals surface area contributed by atoms with E-state index < -0.39 is 29.7 Å². The highest BCUT2D eigenvalue weighted by atomic mass is 19.3. The fraction of sp³-hybridized carbons (Fsp3) is 0.600. The maximum Gasteiger partial charge on any atom is 0.383 e. The van der Waals surface area contributed by atoms with Gasteiger partial charge >= 0.3 is 17.8 Å². The van der Waals surface area contributed by atoms with E-state index in [0.29, 0.717) is 0 Å². The van der Waals surface area contributed by atoms with Crippen molar-refractivity contribution in [3.63, 3.8) is 0 Å². The number of carboxylic acid groups (broad SMARTS) is 2. The van der Waals surface area contributed by atoms with Crippen LogP contribution >= 0.6 is 0 Å². The van der Waals surface area contributed by atoms with Gasteiger partial charge in [-0.2, -0.15) is 26.3 Å². The average Bonchev–Trinajstić information content (AvgIpc) is 2.33. The molecule has 0 aliphatic heterocycles. The van der Waals surface area contributed by atoms with Gasteiger partial charge in [-0.25, -0.2) is 22.2 Å². The van der Waals surface area contributed by atoms with Gasteiger partial charge in [-0.15, -0.1) is 0 Å². The molecule has 0 atom stereocenters. The van der Waals surface area contributed by atoms with Crippen molar-refractivity contribution in [2.45, 2.75) is 17.8 Å². The average molecular weight is 306 g/mol. The number of aliphatic carboxylic acids is 2. The van der Waals surface area contributed by atoms with Crippen molar-refractivity contribution in [2.75, 3.05) is 0 Å². The molecule has 8 N–H and O–H groups in total. The fourth-order valence-corrected chi connectivity index (χ4v) is 0.454. The molecule has 0 aromatic heterocycles. The summed E-state index contributed by atoms with van der Waals surface area (Å²) >= 11 is 0. The third kappa shape index (κ3) is 4.19. The zero-order valence-electron chi connectivity index (χ0n) is 8.71. The molecule has 0 spiro atoms. The highest BCUT2D eigenvalue weighted by molar-refractivity contribution is 5.80. The standard InChI is InChI=1S/C5H2F6O4.2H4NO/c6-3(7,1(12)13)5(10,11)4(8,9)2(14)15;2*1-2/h(H,12,13)(H,14,15);2*2H,1H3/q;2*+1/p-2. The van der Waals surface area contributed by atoms with E-state index in [1.807, 2.05) is 0 Å². The Morgan fingerprint density at radius 2 is 0.895 bits per heavy atom. The van der Waals surface area contributed by atoms with Gasteiger partial charge in [0.15, 0.2) is 0 Å². The molecular formula is C5H8F6N2O6. The zero-order valence-corrected chi connectivity index (χ0v) is 8.71. The molecule has 0 amide bonds. The first-order valence-corrected chi connectivity index (χ1v) is 3.58. The largest absolute Gasteiger partial charge is 0.544 e. The van der Waals surface area contributed by atoms with Gasteiger partial charge in [0.1, 0.15) is 11.9 Å². The van der Waals surface area contributed by atoms with E-state index in [1.165, 1.54) is 0 Å². The first-order chi connectivity index (χ1) is 8.39. The van der Waals surface area contributed by atoms with Gasteiger partial charge in [-0.05, 0) is 0 Å². The second-order valence-electron chi connectivity index (χ2n) is 2.30. The topological polar surface area (TPSA) is 176 Å². The highest BCUT2D eigenvalue weighted by Gasteiger charge is 2.73. The predicted molar refractivity (Wildman–Crippen MR) is 34.2 cm³/mol. The zero-order chi connectivity index (χ0) is 16.7. The highest BCUT2D eigenvalue weighted by Crippen LogP contribution is 2.45. The summed E-state index contributed by atoms with van der Waals surface area (Å²) in [7, 11) is 0. The van der Waals surface area contributed by atoms with Crippen molar-refractivity contribution in [3.05, 3.63) is 0 Å². The predicted octanol–water partition coefficient (Wildman–Crippen LogP) is -4.37. The quantitative estimate of drug-likeness (QED) is 0.301. The summed E-state index contributed by atoms with van der Waals surface area (Å²) < 4.78 is 72.3. The molecule has 0 rings (SSSR count). The fourth-order valence-electron chi connectivity index (χ4n) is 0.454. The van der Waals surface area contributed by atoms with E-state index in [9.17, 15) is 46.1 Å². The van der Waals surface area contributed by atoms with Crippen LogP contribution in [0.25, 0.3) is 0 Å². The van der Waals surface area contributed by atoms with Crippen molar-refractivity contribution in [1.29, 1.82) is 0 Å². The third-order valence-electron chi connectivity index (χ3n) is 1.30. The van der Waals surface area contributed by atoms with Crippen LogP contribution in [-0.2, 0) is 9.59 Å². The van der Waals surface area contributed by atoms with E-state index >= 15 is 0 Å². The van der Waals surface area contributed by atoms with Crippen molar-refractivity contribution < 1.29 is 68.4 Å². The first kappa shape index (κ1) is 22.5. The number of alkyl halides is 6. The maximum atomic E-state index is 12.1. The molecule has 0 bridgehead atoms. The molecule has 0 saturated heterocycles. The van der Waals surface area contributed by atoms with Crippen molar-refractivity contribution in [2.24, 2.45) is 0 Å². The summed E-state index contributed by atoms with van der Waals surface area (Å²) in [6.07, 6.45) is 0. The first-order valence-electron chi connectivity index (χ1n) is 3.58. The molecule has 0 aliphatic rings. The van der Waals surface area contributed by atoms with Gasteiger partial charge in [0.25, 0.3) is 0 Å². The van der Waals surface area contributed by atoms with Crippen LogP contribution in [0.2, 0.25) is 0 Å². The molecule has 14 heteroatoms. The minimum atomic E-state index is -6.66. The van der Waals surface area contributed by atoms with Crippen molar-refractivity contribution in [3.8, 4) is 0 Å². The molecule has 0 aliphatic carbocycles. The van der Waals surface area contributed by atoms with Gasteiger partial charge in [-0.3, -0.25) is 0 Å². The van der Waals surface area contributed by atoms with Gasteiger partial charge in [0, 0.05) is 0 Å². The molecule has 0 unspecified atom stereocenters. The number of carbonyl (C=O) groups is 2. The minimum absolute atomic E-state index is 2.25. The lowest BCUT2D eigenvalue weighted by Crippen LogP contribution is -2.66. The summed E-state index contributed by atoms with van der Waals surface area (Å²) in [5.74, 6) is -22.5. The van der Waals surface area contributed by atoms with Crippen LogP contribution in [0.4, 0.5) is 26.3 Å². The van der Waals surface area contributed by atoms with Crippen LogP contribution in [0.3, 0.4) is 0 Å². The Morgan fingerprint density at radius 3 is 1.00 bits per heavy atom. The van der Waals surface area contributed by atoms with Gasteiger partial charge in [0.2, 0.25) is 0 Å². The summed E-state index contributed by atoms with van der Waals surface area (Å²) in [5.41, 5.74) is 0. The van der Waals surface area contributed by atoms with Crippen molar-refractivity contribution in [1.82, 2.24) is 0 Å².